The standard InChI is InChI=1S/C13H20BrClN2O/c1-7(2)9(18-6)12-16-10(13(3,4)5)8(14)11(15)17-12/h7,9H,1-6H3. The highest BCUT2D eigenvalue weighted by molar-refractivity contribution is 9.10. The van der Waals surface area contributed by atoms with Crippen LogP contribution in [0.15, 0.2) is 4.47 Å². The van der Waals surface area contributed by atoms with Crippen molar-refractivity contribution in [3.8, 4) is 0 Å². The monoisotopic (exact) mass is 334 g/mol. The van der Waals surface area contributed by atoms with Crippen molar-refractivity contribution in [1.82, 2.24) is 9.97 Å². The molecule has 1 unspecified atom stereocenters. The average Bonchev–Trinajstić information content (AvgIpc) is 2.21. The van der Waals surface area contributed by atoms with Crippen LogP contribution in [-0.4, -0.2) is 17.1 Å². The van der Waals surface area contributed by atoms with Crippen molar-refractivity contribution in [2.75, 3.05) is 7.11 Å². The van der Waals surface area contributed by atoms with Gasteiger partial charge in [-0.2, -0.15) is 0 Å². The van der Waals surface area contributed by atoms with Crippen molar-refractivity contribution in [3.63, 3.8) is 0 Å². The molecule has 1 aromatic heterocycles. The number of rotatable bonds is 3. The molecule has 0 radical (unpaired) electrons. The van der Waals surface area contributed by atoms with E-state index >= 15 is 0 Å². The molecule has 5 heteroatoms. The fourth-order valence-corrected chi connectivity index (χ4v) is 2.68. The van der Waals surface area contributed by atoms with Crippen LogP contribution in [0.5, 0.6) is 0 Å². The van der Waals surface area contributed by atoms with Crippen LogP contribution in [0.3, 0.4) is 0 Å². The number of ether oxygens (including phenoxy) is 1. The van der Waals surface area contributed by atoms with Crippen LogP contribution in [-0.2, 0) is 10.2 Å². The van der Waals surface area contributed by atoms with Crippen LogP contribution < -0.4 is 0 Å². The maximum absolute atomic E-state index is 6.18. The summed E-state index contributed by atoms with van der Waals surface area (Å²) in [6.45, 7) is 10.4. The highest BCUT2D eigenvalue weighted by atomic mass is 79.9. The molecule has 102 valence electrons. The summed E-state index contributed by atoms with van der Waals surface area (Å²) in [6.07, 6.45) is -0.142. The van der Waals surface area contributed by atoms with Crippen LogP contribution in [0.25, 0.3) is 0 Å². The summed E-state index contributed by atoms with van der Waals surface area (Å²) in [5, 5.41) is 0.438. The largest absolute Gasteiger partial charge is 0.373 e. The van der Waals surface area contributed by atoms with E-state index in [0.717, 1.165) is 10.2 Å². The molecule has 18 heavy (non-hydrogen) atoms. The van der Waals surface area contributed by atoms with Crippen LogP contribution in [0.4, 0.5) is 0 Å². The van der Waals surface area contributed by atoms with E-state index < -0.39 is 0 Å². The lowest BCUT2D eigenvalue weighted by Gasteiger charge is -2.24. The molecular formula is C13H20BrClN2O. The lowest BCUT2D eigenvalue weighted by atomic mass is 9.92. The summed E-state index contributed by atoms with van der Waals surface area (Å²) in [4.78, 5) is 8.95. The molecule has 0 bridgehead atoms. The van der Waals surface area contributed by atoms with Gasteiger partial charge in [0.1, 0.15) is 11.3 Å². The molecule has 1 heterocycles. The Balaban J connectivity index is 3.36. The number of hydrogen-bond acceptors (Lipinski definition) is 3. The Hall–Kier alpha value is -0.190. The van der Waals surface area contributed by atoms with Gasteiger partial charge >= 0.3 is 0 Å². The minimum Gasteiger partial charge on any atom is -0.373 e. The summed E-state index contributed by atoms with van der Waals surface area (Å²) in [6, 6.07) is 0. The Morgan fingerprint density at radius 1 is 1.22 bits per heavy atom. The third-order valence-electron chi connectivity index (χ3n) is 2.65. The second kappa shape index (κ2) is 5.85. The van der Waals surface area contributed by atoms with E-state index in [4.69, 9.17) is 16.3 Å². The summed E-state index contributed by atoms with van der Waals surface area (Å²) in [7, 11) is 1.67. The smallest absolute Gasteiger partial charge is 0.159 e. The zero-order valence-corrected chi connectivity index (χ0v) is 14.1. The molecule has 0 aliphatic heterocycles. The lowest BCUT2D eigenvalue weighted by molar-refractivity contribution is 0.0571. The SMILES string of the molecule is COC(c1nc(Cl)c(Br)c(C(C)(C)C)n1)C(C)C. The summed E-state index contributed by atoms with van der Waals surface area (Å²) in [5.41, 5.74) is 0.801. The summed E-state index contributed by atoms with van der Waals surface area (Å²) >= 11 is 9.64. The van der Waals surface area contributed by atoms with Crippen molar-refractivity contribution >= 4 is 27.5 Å². The highest BCUT2D eigenvalue weighted by Gasteiger charge is 2.26. The molecular weight excluding hydrogens is 316 g/mol. The number of methoxy groups -OCH3 is 1. The van der Waals surface area contributed by atoms with E-state index in [-0.39, 0.29) is 11.5 Å². The van der Waals surface area contributed by atoms with Gasteiger partial charge in [-0.3, -0.25) is 0 Å². The van der Waals surface area contributed by atoms with Gasteiger partial charge in [-0.25, -0.2) is 9.97 Å². The van der Waals surface area contributed by atoms with Crippen molar-refractivity contribution in [3.05, 3.63) is 21.1 Å². The summed E-state index contributed by atoms with van der Waals surface area (Å²) < 4.78 is 6.22. The Bertz CT molecular complexity index is 430. The molecule has 0 N–H and O–H groups in total. The molecule has 0 aliphatic carbocycles. The van der Waals surface area contributed by atoms with Gasteiger partial charge in [0, 0.05) is 12.5 Å². The predicted molar refractivity (Wildman–Crippen MR) is 78.0 cm³/mol. The van der Waals surface area contributed by atoms with E-state index in [1.54, 1.807) is 7.11 Å². The highest BCUT2D eigenvalue weighted by Crippen LogP contribution is 2.34. The van der Waals surface area contributed by atoms with Crippen LogP contribution in [0, 0.1) is 5.92 Å². The van der Waals surface area contributed by atoms with Gasteiger partial charge in [-0.15, -0.1) is 0 Å². The van der Waals surface area contributed by atoms with Crippen molar-refractivity contribution in [2.45, 2.75) is 46.1 Å². The van der Waals surface area contributed by atoms with Gasteiger partial charge < -0.3 is 4.74 Å². The molecule has 0 aliphatic rings. The van der Waals surface area contributed by atoms with Gasteiger partial charge in [0.2, 0.25) is 0 Å². The molecule has 1 rings (SSSR count). The van der Waals surface area contributed by atoms with E-state index in [9.17, 15) is 0 Å². The third-order valence-corrected chi connectivity index (χ3v) is 3.91. The van der Waals surface area contributed by atoms with E-state index in [1.165, 1.54) is 0 Å². The van der Waals surface area contributed by atoms with E-state index in [1.807, 2.05) is 0 Å². The average molecular weight is 336 g/mol. The first-order chi connectivity index (χ1) is 8.18. The molecule has 1 atom stereocenters. The van der Waals surface area contributed by atoms with E-state index in [0.29, 0.717) is 16.9 Å². The third kappa shape index (κ3) is 3.43. The molecule has 1 aromatic rings. The zero-order chi connectivity index (χ0) is 14.1. The molecule has 3 nitrogen and oxygen atoms in total. The van der Waals surface area contributed by atoms with E-state index in [2.05, 4.69) is 60.5 Å². The lowest BCUT2D eigenvalue weighted by Crippen LogP contribution is -2.20. The quantitative estimate of drug-likeness (QED) is 0.761. The number of aromatic nitrogens is 2. The fraction of sp³-hybridized carbons (Fsp3) is 0.692. The maximum Gasteiger partial charge on any atom is 0.159 e. The van der Waals surface area contributed by atoms with Gasteiger partial charge in [0.15, 0.2) is 5.82 Å². The Morgan fingerprint density at radius 3 is 2.17 bits per heavy atom. The zero-order valence-electron chi connectivity index (χ0n) is 11.7. The Labute approximate surface area is 122 Å². The second-order valence-electron chi connectivity index (χ2n) is 5.69. The molecule has 0 aromatic carbocycles. The molecule has 0 amide bonds. The van der Waals surface area contributed by atoms with Crippen molar-refractivity contribution < 1.29 is 4.74 Å². The van der Waals surface area contributed by atoms with Gasteiger partial charge in [0.25, 0.3) is 0 Å². The Morgan fingerprint density at radius 2 is 1.78 bits per heavy atom. The second-order valence-corrected chi connectivity index (χ2v) is 6.84. The normalized spacial score (nSPS) is 14.1. The number of halogens is 2. The predicted octanol–water partition coefficient (Wildman–Crippen LogP) is 4.53. The Kier molecular flexibility index (Phi) is 5.15. The van der Waals surface area contributed by atoms with Crippen LogP contribution in [0.2, 0.25) is 5.15 Å². The molecule has 0 saturated carbocycles. The maximum atomic E-state index is 6.18. The molecule has 0 saturated heterocycles. The molecule has 0 fully saturated rings. The minimum atomic E-state index is -0.142. The van der Waals surface area contributed by atoms with Crippen molar-refractivity contribution in [1.29, 1.82) is 0 Å². The number of nitrogens with zero attached hydrogens (tertiary/aromatic N) is 2. The van der Waals surface area contributed by atoms with Crippen LogP contribution >= 0.6 is 27.5 Å². The topological polar surface area (TPSA) is 35.0 Å². The molecule has 0 spiro atoms. The first-order valence-electron chi connectivity index (χ1n) is 5.94. The van der Waals surface area contributed by atoms with Gasteiger partial charge in [-0.05, 0) is 21.8 Å². The number of hydrogen-bond donors (Lipinski definition) is 0. The van der Waals surface area contributed by atoms with Gasteiger partial charge in [-0.1, -0.05) is 46.2 Å². The summed E-state index contributed by atoms with van der Waals surface area (Å²) in [5.74, 6) is 0.936. The van der Waals surface area contributed by atoms with Gasteiger partial charge in [0.05, 0.1) is 10.2 Å². The first-order valence-corrected chi connectivity index (χ1v) is 7.11. The fourth-order valence-electron chi connectivity index (χ4n) is 1.74. The first kappa shape index (κ1) is 15.9. The van der Waals surface area contributed by atoms with Crippen LogP contribution in [0.1, 0.15) is 52.2 Å². The van der Waals surface area contributed by atoms with Crippen molar-refractivity contribution in [2.24, 2.45) is 5.92 Å². The minimum absolute atomic E-state index is 0.102.